The van der Waals surface area contributed by atoms with Gasteiger partial charge in [0, 0.05) is 6.20 Å². The Hall–Kier alpha value is -2.10. The Morgan fingerprint density at radius 3 is 2.67 bits per heavy atom. The van der Waals surface area contributed by atoms with Crippen LogP contribution in [0.4, 0.5) is 0 Å². The molecule has 4 heteroatoms. The molecule has 0 saturated heterocycles. The van der Waals surface area contributed by atoms with Gasteiger partial charge in [-0.1, -0.05) is 24.3 Å². The van der Waals surface area contributed by atoms with Crippen LogP contribution in [0.1, 0.15) is 6.92 Å². The van der Waals surface area contributed by atoms with E-state index in [1.165, 1.54) is 15.6 Å². The van der Waals surface area contributed by atoms with Gasteiger partial charge in [-0.05, 0) is 19.1 Å². The van der Waals surface area contributed by atoms with Crippen LogP contribution in [-0.4, -0.2) is 14.3 Å². The zero-order chi connectivity index (χ0) is 10.7. The molecular formula is C11H11N3O. The van der Waals surface area contributed by atoms with Crippen molar-refractivity contribution in [2.45, 2.75) is 6.92 Å². The predicted octanol–water partition coefficient (Wildman–Crippen LogP) is 1.52. The average molecular weight is 201 g/mol. The third kappa shape index (κ3) is 1.74. The first-order valence-corrected chi connectivity index (χ1v) is 4.67. The quantitative estimate of drug-likeness (QED) is 0.739. The fourth-order valence-corrected chi connectivity index (χ4v) is 1.33. The predicted molar refractivity (Wildman–Crippen MR) is 58.8 cm³/mol. The summed E-state index contributed by atoms with van der Waals surface area (Å²) in [6.07, 6.45) is 4.91. The standard InChI is InChI=1S/C11H11N3O/c1-2-8-14-11(15)13(9-12-14)10-6-4-3-5-7-10/h2-9H,1H3/b8-2-. The van der Waals surface area contributed by atoms with Gasteiger partial charge in [0.05, 0.1) is 5.69 Å². The maximum Gasteiger partial charge on any atom is 0.354 e. The highest BCUT2D eigenvalue weighted by molar-refractivity contribution is 5.31. The Bertz CT molecular complexity index is 522. The van der Waals surface area contributed by atoms with Crippen LogP contribution < -0.4 is 5.69 Å². The highest BCUT2D eigenvalue weighted by Crippen LogP contribution is 2.02. The van der Waals surface area contributed by atoms with Crippen molar-refractivity contribution in [1.29, 1.82) is 0 Å². The van der Waals surface area contributed by atoms with Crippen LogP contribution in [0, 0.1) is 0 Å². The van der Waals surface area contributed by atoms with Gasteiger partial charge in [-0.3, -0.25) is 0 Å². The van der Waals surface area contributed by atoms with Crippen LogP contribution in [0.15, 0.2) is 47.5 Å². The largest absolute Gasteiger partial charge is 0.354 e. The number of aromatic nitrogens is 3. The molecule has 0 radical (unpaired) electrons. The van der Waals surface area contributed by atoms with Gasteiger partial charge in [-0.15, -0.1) is 0 Å². The lowest BCUT2D eigenvalue weighted by Gasteiger charge is -1.97. The Morgan fingerprint density at radius 1 is 1.27 bits per heavy atom. The molecule has 1 aromatic heterocycles. The lowest BCUT2D eigenvalue weighted by atomic mass is 10.3. The third-order valence-electron chi connectivity index (χ3n) is 2.02. The maximum absolute atomic E-state index is 11.8. The lowest BCUT2D eigenvalue weighted by molar-refractivity contribution is 0.875. The second-order valence-corrected chi connectivity index (χ2v) is 3.05. The molecule has 0 atom stereocenters. The molecule has 0 N–H and O–H groups in total. The first kappa shape index (κ1) is 9.45. The van der Waals surface area contributed by atoms with Crippen LogP contribution >= 0.6 is 0 Å². The Balaban J connectivity index is 2.52. The first-order valence-electron chi connectivity index (χ1n) is 4.67. The molecule has 4 nitrogen and oxygen atoms in total. The summed E-state index contributed by atoms with van der Waals surface area (Å²) in [4.78, 5) is 11.8. The van der Waals surface area contributed by atoms with Gasteiger partial charge in [0.1, 0.15) is 6.33 Å². The van der Waals surface area contributed by atoms with Crippen molar-refractivity contribution >= 4 is 6.20 Å². The van der Waals surface area contributed by atoms with Gasteiger partial charge in [-0.25, -0.2) is 9.36 Å². The highest BCUT2D eigenvalue weighted by Gasteiger charge is 2.02. The minimum absolute atomic E-state index is 0.167. The molecule has 15 heavy (non-hydrogen) atoms. The number of nitrogens with zero attached hydrogens (tertiary/aromatic N) is 3. The van der Waals surface area contributed by atoms with Crippen LogP contribution in [0.2, 0.25) is 0 Å². The van der Waals surface area contributed by atoms with E-state index < -0.39 is 0 Å². The molecule has 2 rings (SSSR count). The summed E-state index contributed by atoms with van der Waals surface area (Å²) in [5.74, 6) is 0. The Morgan fingerprint density at radius 2 is 2.00 bits per heavy atom. The molecule has 2 aromatic rings. The molecule has 0 aliphatic carbocycles. The van der Waals surface area contributed by atoms with Gasteiger partial charge in [0.15, 0.2) is 0 Å². The molecule has 0 unspecified atom stereocenters. The monoisotopic (exact) mass is 201 g/mol. The molecule has 0 saturated carbocycles. The Kier molecular flexibility index (Phi) is 2.49. The number of allylic oxidation sites excluding steroid dienone is 1. The topological polar surface area (TPSA) is 39.8 Å². The van der Waals surface area contributed by atoms with Gasteiger partial charge in [0.25, 0.3) is 0 Å². The summed E-state index contributed by atoms with van der Waals surface area (Å²) in [6, 6.07) is 9.40. The van der Waals surface area contributed by atoms with E-state index in [0.717, 1.165) is 5.69 Å². The van der Waals surface area contributed by atoms with E-state index in [0.29, 0.717) is 0 Å². The van der Waals surface area contributed by atoms with Gasteiger partial charge < -0.3 is 0 Å². The van der Waals surface area contributed by atoms with E-state index >= 15 is 0 Å². The lowest BCUT2D eigenvalue weighted by Crippen LogP contribution is -2.20. The normalized spacial score (nSPS) is 11.0. The van der Waals surface area contributed by atoms with E-state index in [9.17, 15) is 4.79 Å². The summed E-state index contributed by atoms with van der Waals surface area (Å²) in [5, 5.41) is 3.96. The molecular weight excluding hydrogens is 190 g/mol. The molecule has 1 aromatic carbocycles. The molecule has 0 aliphatic heterocycles. The number of para-hydroxylation sites is 1. The second-order valence-electron chi connectivity index (χ2n) is 3.05. The van der Waals surface area contributed by atoms with Crippen molar-refractivity contribution in [2.24, 2.45) is 0 Å². The van der Waals surface area contributed by atoms with Crippen molar-refractivity contribution in [3.8, 4) is 5.69 Å². The molecule has 0 bridgehead atoms. The van der Waals surface area contributed by atoms with Crippen LogP contribution in [0.3, 0.4) is 0 Å². The Labute approximate surface area is 87.1 Å². The van der Waals surface area contributed by atoms with Gasteiger partial charge >= 0.3 is 5.69 Å². The zero-order valence-electron chi connectivity index (χ0n) is 8.37. The molecule has 1 heterocycles. The summed E-state index contributed by atoms with van der Waals surface area (Å²) in [7, 11) is 0. The van der Waals surface area contributed by atoms with Crippen molar-refractivity contribution in [3.63, 3.8) is 0 Å². The van der Waals surface area contributed by atoms with Gasteiger partial charge in [0.2, 0.25) is 0 Å². The molecule has 0 spiro atoms. The van der Waals surface area contributed by atoms with Crippen molar-refractivity contribution in [3.05, 3.63) is 53.2 Å². The summed E-state index contributed by atoms with van der Waals surface area (Å²) in [5.41, 5.74) is 0.651. The van der Waals surface area contributed by atoms with Gasteiger partial charge in [-0.2, -0.15) is 9.78 Å². The minimum atomic E-state index is -0.167. The molecule has 0 amide bonds. The molecule has 0 aliphatic rings. The summed E-state index contributed by atoms with van der Waals surface area (Å²) >= 11 is 0. The highest BCUT2D eigenvalue weighted by atomic mass is 16.2. The number of rotatable bonds is 2. The van der Waals surface area contributed by atoms with Crippen molar-refractivity contribution < 1.29 is 0 Å². The first-order chi connectivity index (χ1) is 7.33. The smallest absolute Gasteiger partial charge is 0.249 e. The van der Waals surface area contributed by atoms with Crippen LogP contribution in [-0.2, 0) is 0 Å². The zero-order valence-corrected chi connectivity index (χ0v) is 8.37. The number of hydrogen-bond donors (Lipinski definition) is 0. The van der Waals surface area contributed by atoms with E-state index in [2.05, 4.69) is 5.10 Å². The van der Waals surface area contributed by atoms with E-state index in [1.807, 2.05) is 37.3 Å². The van der Waals surface area contributed by atoms with E-state index in [1.54, 1.807) is 12.3 Å². The maximum atomic E-state index is 11.8. The molecule has 0 fully saturated rings. The minimum Gasteiger partial charge on any atom is -0.249 e. The third-order valence-corrected chi connectivity index (χ3v) is 2.02. The van der Waals surface area contributed by atoms with E-state index in [-0.39, 0.29) is 5.69 Å². The molecule has 76 valence electrons. The fourth-order valence-electron chi connectivity index (χ4n) is 1.33. The van der Waals surface area contributed by atoms with Crippen molar-refractivity contribution in [2.75, 3.05) is 0 Å². The van der Waals surface area contributed by atoms with Crippen molar-refractivity contribution in [1.82, 2.24) is 14.3 Å². The van der Waals surface area contributed by atoms with E-state index in [4.69, 9.17) is 0 Å². The number of hydrogen-bond acceptors (Lipinski definition) is 2. The summed E-state index contributed by atoms with van der Waals surface area (Å²) in [6.45, 7) is 1.84. The fraction of sp³-hybridized carbons (Fsp3) is 0.0909. The number of benzene rings is 1. The average Bonchev–Trinajstić information content (AvgIpc) is 2.63. The SMILES string of the molecule is C/C=C\n1ncn(-c2ccccc2)c1=O. The van der Waals surface area contributed by atoms with Crippen LogP contribution in [0.25, 0.3) is 11.9 Å². The summed E-state index contributed by atoms with van der Waals surface area (Å²) < 4.78 is 2.80. The van der Waals surface area contributed by atoms with Crippen LogP contribution in [0.5, 0.6) is 0 Å². The second kappa shape index (κ2) is 3.96.